The first-order valence-corrected chi connectivity index (χ1v) is 13.8. The molecule has 0 spiro atoms. The van der Waals surface area contributed by atoms with Gasteiger partial charge in [0, 0.05) is 54.1 Å². The van der Waals surface area contributed by atoms with Gasteiger partial charge in [0.15, 0.2) is 11.9 Å². The van der Waals surface area contributed by atoms with Gasteiger partial charge in [-0.2, -0.15) is 0 Å². The van der Waals surface area contributed by atoms with Crippen LogP contribution in [0.2, 0.25) is 0 Å². The number of benzene rings is 1. The summed E-state index contributed by atoms with van der Waals surface area (Å²) in [6.07, 6.45) is 9.36. The third-order valence-corrected chi connectivity index (χ3v) is 7.23. The molecular weight excluding hydrogens is 528 g/mol. The standard InChI is InChI=1S/C26H34N4O3.C4H4O4/c1-29(2)17-23-21(20-4-3-11-27-16-20)6-7-22-24(28-33-26(22)23)8-5-19-9-12-30(13-10-19)18-25-31-14-15-32-25;5-3(6)1-2-4(7)8/h3-4,6-7,11,16,19,25H,5,8-10,12-15,17-18H2,1-2H3;1-2H,(H,5,6)(H,7,8)/b;2-1+. The molecular formula is C30H38N4O7. The number of pyridine rings is 1. The lowest BCUT2D eigenvalue weighted by atomic mass is 9.90. The lowest BCUT2D eigenvalue weighted by Crippen LogP contribution is -2.39. The number of carbonyl (C=O) groups is 2. The largest absolute Gasteiger partial charge is 0.478 e. The molecule has 3 aromatic rings. The summed E-state index contributed by atoms with van der Waals surface area (Å²) in [5.74, 6) is -1.78. The molecule has 5 rings (SSSR count). The van der Waals surface area contributed by atoms with Gasteiger partial charge in [-0.25, -0.2) is 9.59 Å². The first-order valence-electron chi connectivity index (χ1n) is 13.8. The van der Waals surface area contributed by atoms with Gasteiger partial charge in [-0.15, -0.1) is 0 Å². The van der Waals surface area contributed by atoms with Crippen LogP contribution in [0.15, 0.2) is 53.3 Å². The van der Waals surface area contributed by atoms with Gasteiger partial charge in [0.05, 0.1) is 18.9 Å². The molecule has 4 heterocycles. The maximum absolute atomic E-state index is 9.55. The van der Waals surface area contributed by atoms with E-state index >= 15 is 0 Å². The van der Waals surface area contributed by atoms with Crippen LogP contribution in [0.1, 0.15) is 30.5 Å². The number of likely N-dealkylation sites (tertiary alicyclic amines) is 1. The first kappa shape index (κ1) is 30.3. The number of carboxylic acids is 2. The Labute approximate surface area is 239 Å². The fraction of sp³-hybridized carbons (Fsp3) is 0.467. The summed E-state index contributed by atoms with van der Waals surface area (Å²) < 4.78 is 17.1. The van der Waals surface area contributed by atoms with Crippen LogP contribution >= 0.6 is 0 Å². The van der Waals surface area contributed by atoms with Gasteiger partial charge in [0.25, 0.3) is 0 Å². The zero-order chi connectivity index (χ0) is 29.2. The highest BCUT2D eigenvalue weighted by molar-refractivity contribution is 5.90. The van der Waals surface area contributed by atoms with Crippen molar-refractivity contribution in [3.8, 4) is 11.1 Å². The number of hydrogen-bond acceptors (Lipinski definition) is 9. The van der Waals surface area contributed by atoms with E-state index in [1.54, 1.807) is 6.20 Å². The Morgan fingerprint density at radius 1 is 1.07 bits per heavy atom. The second-order valence-electron chi connectivity index (χ2n) is 10.5. The molecule has 2 saturated heterocycles. The van der Waals surface area contributed by atoms with Crippen molar-refractivity contribution in [3.63, 3.8) is 0 Å². The number of nitrogens with zero attached hydrogens (tertiary/aromatic N) is 4. The molecule has 1 aromatic carbocycles. The smallest absolute Gasteiger partial charge is 0.328 e. The normalized spacial score (nSPS) is 16.9. The van der Waals surface area contributed by atoms with E-state index < -0.39 is 11.9 Å². The molecule has 2 aliphatic heterocycles. The van der Waals surface area contributed by atoms with Crippen molar-refractivity contribution in [1.82, 2.24) is 19.9 Å². The molecule has 11 heteroatoms. The molecule has 2 aliphatic rings. The van der Waals surface area contributed by atoms with Crippen molar-refractivity contribution in [2.24, 2.45) is 5.92 Å². The van der Waals surface area contributed by atoms with E-state index in [9.17, 15) is 9.59 Å². The molecule has 0 atom stereocenters. The van der Waals surface area contributed by atoms with E-state index in [1.165, 1.54) is 18.4 Å². The quantitative estimate of drug-likeness (QED) is 0.348. The van der Waals surface area contributed by atoms with Crippen LogP contribution in [0.3, 0.4) is 0 Å². The van der Waals surface area contributed by atoms with Crippen LogP contribution in [0.25, 0.3) is 22.1 Å². The Kier molecular flexibility index (Phi) is 11.0. The number of hydrogen-bond donors (Lipinski definition) is 2. The summed E-state index contributed by atoms with van der Waals surface area (Å²) in [5.41, 5.74) is 5.43. The number of fused-ring (bicyclic) bond motifs is 1. The summed E-state index contributed by atoms with van der Waals surface area (Å²) >= 11 is 0. The monoisotopic (exact) mass is 566 g/mol. The van der Waals surface area contributed by atoms with E-state index in [1.807, 2.05) is 12.3 Å². The van der Waals surface area contributed by atoms with Crippen molar-refractivity contribution in [1.29, 1.82) is 0 Å². The van der Waals surface area contributed by atoms with Crippen LogP contribution in [-0.2, 0) is 32.0 Å². The third kappa shape index (κ3) is 8.92. The highest BCUT2D eigenvalue weighted by Gasteiger charge is 2.25. The van der Waals surface area contributed by atoms with E-state index in [0.29, 0.717) is 12.2 Å². The highest BCUT2D eigenvalue weighted by Crippen LogP contribution is 2.33. The molecule has 2 fully saturated rings. The molecule has 220 valence electrons. The van der Waals surface area contributed by atoms with E-state index in [2.05, 4.69) is 52.2 Å². The second-order valence-corrected chi connectivity index (χ2v) is 10.5. The van der Waals surface area contributed by atoms with Crippen LogP contribution < -0.4 is 0 Å². The average Bonchev–Trinajstić information content (AvgIpc) is 3.62. The third-order valence-electron chi connectivity index (χ3n) is 7.23. The van der Waals surface area contributed by atoms with E-state index in [0.717, 1.165) is 85.9 Å². The fourth-order valence-corrected chi connectivity index (χ4v) is 5.22. The lowest BCUT2D eigenvalue weighted by molar-refractivity contribution is -0.134. The first-order chi connectivity index (χ1) is 19.8. The van der Waals surface area contributed by atoms with Crippen LogP contribution in [-0.4, -0.2) is 95.3 Å². The Morgan fingerprint density at radius 2 is 1.78 bits per heavy atom. The zero-order valence-electron chi connectivity index (χ0n) is 23.6. The molecule has 0 saturated carbocycles. The molecule has 2 N–H and O–H groups in total. The maximum atomic E-state index is 9.55. The maximum Gasteiger partial charge on any atom is 0.328 e. The number of rotatable bonds is 10. The topological polar surface area (TPSA) is 138 Å². The van der Waals surface area contributed by atoms with E-state index in [4.69, 9.17) is 24.2 Å². The second kappa shape index (κ2) is 14.8. The molecule has 0 radical (unpaired) electrons. The summed E-state index contributed by atoms with van der Waals surface area (Å²) in [7, 11) is 4.17. The Bertz CT molecular complexity index is 1300. The van der Waals surface area contributed by atoms with Crippen molar-refractivity contribution in [3.05, 3.63) is 60.1 Å². The number of aromatic nitrogens is 2. The minimum Gasteiger partial charge on any atom is -0.478 e. The number of carboxylic acid groups (broad SMARTS) is 2. The molecule has 0 unspecified atom stereocenters. The van der Waals surface area contributed by atoms with Crippen LogP contribution in [0.4, 0.5) is 0 Å². The Balaban J connectivity index is 0.000000426. The van der Waals surface area contributed by atoms with Crippen molar-refractivity contribution >= 4 is 22.9 Å². The molecule has 0 bridgehead atoms. The molecule has 2 aromatic heterocycles. The zero-order valence-corrected chi connectivity index (χ0v) is 23.6. The minimum absolute atomic E-state index is 0.0315. The highest BCUT2D eigenvalue weighted by atomic mass is 16.7. The molecule has 0 amide bonds. The SMILES string of the molecule is CN(C)Cc1c(-c2cccnc2)ccc2c(CCC3CCN(CC4OCCO4)CC3)noc12.O=C(O)/C=C/C(=O)O. The van der Waals surface area contributed by atoms with Crippen LogP contribution in [0, 0.1) is 5.92 Å². The number of ether oxygens (including phenoxy) is 2. The van der Waals surface area contributed by atoms with Gasteiger partial charge < -0.3 is 29.1 Å². The van der Waals surface area contributed by atoms with Gasteiger partial charge in [-0.05, 0) is 76.5 Å². The summed E-state index contributed by atoms with van der Waals surface area (Å²) in [6.45, 7) is 5.39. The Morgan fingerprint density at radius 3 is 2.39 bits per heavy atom. The molecule has 0 aliphatic carbocycles. The molecule has 41 heavy (non-hydrogen) atoms. The predicted molar refractivity (Wildman–Crippen MR) is 152 cm³/mol. The van der Waals surface area contributed by atoms with Crippen molar-refractivity contribution < 1.29 is 33.8 Å². The van der Waals surface area contributed by atoms with Gasteiger partial charge in [-0.3, -0.25) is 9.88 Å². The summed E-state index contributed by atoms with van der Waals surface area (Å²) in [6, 6.07) is 8.45. The number of piperidine rings is 1. The van der Waals surface area contributed by atoms with Crippen molar-refractivity contribution in [2.45, 2.75) is 38.5 Å². The number of aryl methyl sites for hydroxylation is 1. The van der Waals surface area contributed by atoms with E-state index in [-0.39, 0.29) is 6.29 Å². The lowest BCUT2D eigenvalue weighted by Gasteiger charge is -2.32. The molecule has 11 nitrogen and oxygen atoms in total. The van der Waals surface area contributed by atoms with Gasteiger partial charge >= 0.3 is 11.9 Å². The minimum atomic E-state index is -1.26. The van der Waals surface area contributed by atoms with Crippen molar-refractivity contribution in [2.75, 3.05) is 46.9 Å². The van der Waals surface area contributed by atoms with Crippen LogP contribution in [0.5, 0.6) is 0 Å². The predicted octanol–water partition coefficient (Wildman–Crippen LogP) is 3.68. The summed E-state index contributed by atoms with van der Waals surface area (Å²) in [4.78, 5) is 28.1. The van der Waals surface area contributed by atoms with Gasteiger partial charge in [0.2, 0.25) is 0 Å². The summed E-state index contributed by atoms with van der Waals surface area (Å²) in [5, 5.41) is 21.3. The average molecular weight is 567 g/mol. The Hall–Kier alpha value is -3.64. The van der Waals surface area contributed by atoms with Gasteiger partial charge in [0.1, 0.15) is 0 Å². The van der Waals surface area contributed by atoms with Gasteiger partial charge in [-0.1, -0.05) is 17.3 Å². The fourth-order valence-electron chi connectivity index (χ4n) is 5.22. The number of aliphatic carboxylic acids is 2.